The van der Waals surface area contributed by atoms with Gasteiger partial charge >= 0.3 is 0 Å². The molecule has 0 aromatic heterocycles. The van der Waals surface area contributed by atoms with Crippen LogP contribution in [0.15, 0.2) is 48.5 Å². The Bertz CT molecular complexity index is 636. The van der Waals surface area contributed by atoms with E-state index in [0.29, 0.717) is 6.04 Å². The first-order valence-electron chi connectivity index (χ1n) is 9.80. The highest BCUT2D eigenvalue weighted by Gasteiger charge is 2.34. The monoisotopic (exact) mass is 319 g/mol. The summed E-state index contributed by atoms with van der Waals surface area (Å²) in [6.07, 6.45) is 8.38. The van der Waals surface area contributed by atoms with Crippen LogP contribution in [0.2, 0.25) is 0 Å². The van der Waals surface area contributed by atoms with Crippen LogP contribution in [0.3, 0.4) is 0 Å². The summed E-state index contributed by atoms with van der Waals surface area (Å²) < 4.78 is 0. The molecule has 4 rings (SSSR count). The standard InChI is InChI=1S/C23H29N/c1-2-3-4-9-18-14-16-24(17-15-18)23-21-12-7-5-10-19(21)20-11-6-8-13-22(20)23/h5-8,10-13,18,23H,2-4,9,14-17H2,1H3. The predicted octanol–water partition coefficient (Wildman–Crippen LogP) is 6.05. The number of fused-ring (bicyclic) bond motifs is 3. The second-order valence-electron chi connectivity index (χ2n) is 7.55. The van der Waals surface area contributed by atoms with Crippen LogP contribution in [0.5, 0.6) is 0 Å². The van der Waals surface area contributed by atoms with Crippen molar-refractivity contribution in [1.29, 1.82) is 0 Å². The quantitative estimate of drug-likeness (QED) is 0.606. The van der Waals surface area contributed by atoms with E-state index in [9.17, 15) is 0 Å². The van der Waals surface area contributed by atoms with Gasteiger partial charge in [0, 0.05) is 0 Å². The molecule has 0 saturated carbocycles. The third-order valence-electron chi connectivity index (χ3n) is 6.03. The molecule has 2 aromatic carbocycles. The van der Waals surface area contributed by atoms with E-state index in [1.54, 1.807) is 0 Å². The van der Waals surface area contributed by atoms with Crippen LogP contribution in [-0.2, 0) is 0 Å². The van der Waals surface area contributed by atoms with Crippen LogP contribution in [-0.4, -0.2) is 18.0 Å². The Kier molecular flexibility index (Phi) is 4.71. The topological polar surface area (TPSA) is 3.24 Å². The van der Waals surface area contributed by atoms with Crippen molar-refractivity contribution in [3.63, 3.8) is 0 Å². The van der Waals surface area contributed by atoms with Crippen LogP contribution < -0.4 is 0 Å². The highest BCUT2D eigenvalue weighted by atomic mass is 15.2. The van der Waals surface area contributed by atoms with Crippen LogP contribution in [0, 0.1) is 5.92 Å². The van der Waals surface area contributed by atoms with E-state index < -0.39 is 0 Å². The molecule has 126 valence electrons. The Morgan fingerprint density at radius 2 is 1.42 bits per heavy atom. The summed E-state index contributed by atoms with van der Waals surface area (Å²) >= 11 is 0. The third kappa shape index (κ3) is 2.91. The van der Waals surface area contributed by atoms with Crippen LogP contribution >= 0.6 is 0 Å². The predicted molar refractivity (Wildman–Crippen MR) is 102 cm³/mol. The fourth-order valence-electron chi connectivity index (χ4n) is 4.71. The van der Waals surface area contributed by atoms with Crippen LogP contribution in [0.1, 0.15) is 62.6 Å². The minimum Gasteiger partial charge on any atom is -0.292 e. The number of nitrogens with zero attached hydrogens (tertiary/aromatic N) is 1. The highest BCUT2D eigenvalue weighted by Crippen LogP contribution is 2.47. The zero-order chi connectivity index (χ0) is 16.4. The second-order valence-corrected chi connectivity index (χ2v) is 7.55. The molecule has 2 aliphatic rings. The van der Waals surface area contributed by atoms with Gasteiger partial charge in [0.05, 0.1) is 6.04 Å². The maximum Gasteiger partial charge on any atom is 0.0614 e. The summed E-state index contributed by atoms with van der Waals surface area (Å²) in [6, 6.07) is 18.5. The minimum atomic E-state index is 0.481. The van der Waals surface area contributed by atoms with Gasteiger partial charge in [-0.3, -0.25) is 4.90 Å². The van der Waals surface area contributed by atoms with E-state index in [1.165, 1.54) is 73.9 Å². The third-order valence-corrected chi connectivity index (χ3v) is 6.03. The average Bonchev–Trinajstić information content (AvgIpc) is 2.97. The van der Waals surface area contributed by atoms with Gasteiger partial charge in [-0.2, -0.15) is 0 Å². The molecule has 0 atom stereocenters. The summed E-state index contributed by atoms with van der Waals surface area (Å²) in [7, 11) is 0. The molecule has 1 aliphatic carbocycles. The Balaban J connectivity index is 1.51. The molecule has 0 radical (unpaired) electrons. The van der Waals surface area contributed by atoms with Crippen molar-refractivity contribution in [2.75, 3.05) is 13.1 Å². The molecule has 1 heteroatoms. The normalized spacial score (nSPS) is 18.5. The van der Waals surface area contributed by atoms with Gasteiger partial charge in [0.2, 0.25) is 0 Å². The first kappa shape index (κ1) is 15.9. The fraction of sp³-hybridized carbons (Fsp3) is 0.478. The van der Waals surface area contributed by atoms with Gasteiger partial charge in [-0.25, -0.2) is 0 Å². The number of likely N-dealkylation sites (tertiary alicyclic amines) is 1. The molecular formula is C23H29N. The lowest BCUT2D eigenvalue weighted by atomic mass is 9.89. The van der Waals surface area contributed by atoms with Gasteiger partial charge in [-0.1, -0.05) is 81.1 Å². The lowest BCUT2D eigenvalue weighted by Gasteiger charge is -2.37. The van der Waals surface area contributed by atoms with Gasteiger partial charge < -0.3 is 0 Å². The van der Waals surface area contributed by atoms with Crippen LogP contribution in [0.25, 0.3) is 11.1 Å². The largest absolute Gasteiger partial charge is 0.292 e. The van der Waals surface area contributed by atoms with Gasteiger partial charge in [0.25, 0.3) is 0 Å². The molecule has 2 aromatic rings. The Hall–Kier alpha value is -1.60. The molecule has 0 unspecified atom stereocenters. The zero-order valence-corrected chi connectivity index (χ0v) is 14.9. The smallest absolute Gasteiger partial charge is 0.0614 e. The Morgan fingerprint density at radius 1 is 0.833 bits per heavy atom. The van der Waals surface area contributed by atoms with Gasteiger partial charge in [-0.05, 0) is 54.1 Å². The maximum atomic E-state index is 2.74. The van der Waals surface area contributed by atoms with Gasteiger partial charge in [0.15, 0.2) is 0 Å². The average molecular weight is 319 g/mol. The summed E-state index contributed by atoms with van der Waals surface area (Å²) in [5.41, 5.74) is 5.93. The number of benzene rings is 2. The Morgan fingerprint density at radius 3 is 2.00 bits per heavy atom. The first-order valence-corrected chi connectivity index (χ1v) is 9.80. The van der Waals surface area contributed by atoms with E-state index in [2.05, 4.69) is 60.4 Å². The summed E-state index contributed by atoms with van der Waals surface area (Å²) in [5, 5.41) is 0. The molecule has 0 spiro atoms. The van der Waals surface area contributed by atoms with Crippen molar-refractivity contribution in [2.24, 2.45) is 5.92 Å². The summed E-state index contributed by atoms with van der Waals surface area (Å²) in [6.45, 7) is 4.81. The van der Waals surface area contributed by atoms with E-state index in [-0.39, 0.29) is 0 Å². The molecule has 1 nitrogen and oxygen atoms in total. The number of hydrogen-bond acceptors (Lipinski definition) is 1. The van der Waals surface area contributed by atoms with E-state index in [0.717, 1.165) is 5.92 Å². The molecule has 1 heterocycles. The SMILES string of the molecule is CCCCCC1CCN(C2c3ccccc3-c3ccccc32)CC1. The molecule has 1 fully saturated rings. The van der Waals surface area contributed by atoms with Gasteiger partial charge in [0.1, 0.15) is 0 Å². The second kappa shape index (κ2) is 7.11. The number of hydrogen-bond donors (Lipinski definition) is 0. The van der Waals surface area contributed by atoms with Crippen molar-refractivity contribution in [3.05, 3.63) is 59.7 Å². The van der Waals surface area contributed by atoms with Gasteiger partial charge in [-0.15, -0.1) is 0 Å². The minimum absolute atomic E-state index is 0.481. The number of piperidine rings is 1. The zero-order valence-electron chi connectivity index (χ0n) is 14.9. The van der Waals surface area contributed by atoms with Crippen molar-refractivity contribution in [3.8, 4) is 11.1 Å². The summed E-state index contributed by atoms with van der Waals surface area (Å²) in [4.78, 5) is 2.74. The highest BCUT2D eigenvalue weighted by molar-refractivity contribution is 5.78. The number of rotatable bonds is 5. The van der Waals surface area contributed by atoms with Crippen molar-refractivity contribution in [2.45, 2.75) is 51.5 Å². The van der Waals surface area contributed by atoms with E-state index in [4.69, 9.17) is 0 Å². The molecule has 0 amide bonds. The fourth-order valence-corrected chi connectivity index (χ4v) is 4.71. The molecule has 1 saturated heterocycles. The molecule has 24 heavy (non-hydrogen) atoms. The maximum absolute atomic E-state index is 2.74. The first-order chi connectivity index (χ1) is 11.9. The summed E-state index contributed by atoms with van der Waals surface area (Å²) in [5.74, 6) is 0.958. The lowest BCUT2D eigenvalue weighted by Crippen LogP contribution is -2.36. The molecule has 0 N–H and O–H groups in total. The molecular weight excluding hydrogens is 290 g/mol. The van der Waals surface area contributed by atoms with E-state index in [1.807, 2.05) is 0 Å². The number of unbranched alkanes of at least 4 members (excludes halogenated alkanes) is 2. The molecule has 0 bridgehead atoms. The van der Waals surface area contributed by atoms with Crippen molar-refractivity contribution in [1.82, 2.24) is 4.90 Å². The lowest BCUT2D eigenvalue weighted by molar-refractivity contribution is 0.148. The Labute approximate surface area is 146 Å². The van der Waals surface area contributed by atoms with Crippen LogP contribution in [0.4, 0.5) is 0 Å². The van der Waals surface area contributed by atoms with E-state index >= 15 is 0 Å². The van der Waals surface area contributed by atoms with Crippen molar-refractivity contribution >= 4 is 0 Å². The molecule has 1 aliphatic heterocycles. The van der Waals surface area contributed by atoms with Crippen molar-refractivity contribution < 1.29 is 0 Å².